The molecule has 0 heterocycles. The van der Waals surface area contributed by atoms with Crippen LogP contribution < -0.4 is 0 Å². The van der Waals surface area contributed by atoms with Crippen molar-refractivity contribution in [3.05, 3.63) is 0 Å². The van der Waals surface area contributed by atoms with Crippen molar-refractivity contribution in [1.82, 2.24) is 0 Å². The Kier molecular flexibility index (Phi) is 1.87. The Bertz CT molecular complexity index is 181. The molecule has 0 saturated heterocycles. The predicted octanol–water partition coefficient (Wildman–Crippen LogP) is 1.42. The molecule has 0 radical (unpaired) electrons. The molecule has 11 heavy (non-hydrogen) atoms. The molecular weight excluding hydrogens is 136 g/mol. The summed E-state index contributed by atoms with van der Waals surface area (Å²) in [7, 11) is 0. The molecular formula is C10H14O. The van der Waals surface area contributed by atoms with E-state index in [-0.39, 0.29) is 0 Å². The second-order valence-electron chi connectivity index (χ2n) is 3.61. The van der Waals surface area contributed by atoms with Crippen molar-refractivity contribution in [1.29, 1.82) is 0 Å². The van der Waals surface area contributed by atoms with Crippen LogP contribution in [0.2, 0.25) is 0 Å². The minimum Gasteiger partial charge on any atom is -0.396 e. The molecule has 0 amide bonds. The van der Waals surface area contributed by atoms with Gasteiger partial charge in [-0.25, -0.2) is 0 Å². The van der Waals surface area contributed by atoms with Crippen molar-refractivity contribution in [3.63, 3.8) is 0 Å². The van der Waals surface area contributed by atoms with Crippen LogP contribution in [0.5, 0.6) is 0 Å². The van der Waals surface area contributed by atoms with Crippen LogP contribution in [-0.2, 0) is 0 Å². The molecule has 0 bridgehead atoms. The van der Waals surface area contributed by atoms with E-state index in [1.807, 2.05) is 0 Å². The fourth-order valence-electron chi connectivity index (χ4n) is 2.31. The Morgan fingerprint density at radius 1 is 1.09 bits per heavy atom. The summed E-state index contributed by atoms with van der Waals surface area (Å²) in [4.78, 5) is 0. The molecule has 2 aliphatic carbocycles. The Morgan fingerprint density at radius 3 is 2.09 bits per heavy atom. The zero-order chi connectivity index (χ0) is 7.68. The van der Waals surface area contributed by atoms with Gasteiger partial charge in [0.25, 0.3) is 0 Å². The fourth-order valence-corrected chi connectivity index (χ4v) is 2.31. The van der Waals surface area contributed by atoms with Crippen LogP contribution in [0.3, 0.4) is 0 Å². The summed E-state index contributed by atoms with van der Waals surface area (Å²) >= 11 is 0. The molecule has 0 unspecified atom stereocenters. The van der Waals surface area contributed by atoms with Crippen molar-refractivity contribution < 1.29 is 5.11 Å². The van der Waals surface area contributed by atoms with E-state index in [4.69, 9.17) is 5.11 Å². The topological polar surface area (TPSA) is 20.2 Å². The number of aliphatic hydroxyl groups excluding tert-OH is 1. The SMILES string of the molecule is OC[C@@H]1[C@H]2CCC#CCC[C@@H]12. The minimum atomic E-state index is 0.398. The largest absolute Gasteiger partial charge is 0.396 e. The molecule has 0 spiro atoms. The summed E-state index contributed by atoms with van der Waals surface area (Å²) in [6.07, 6.45) is 4.56. The van der Waals surface area contributed by atoms with Gasteiger partial charge in [-0.2, -0.15) is 0 Å². The first-order valence-corrected chi connectivity index (χ1v) is 4.50. The molecule has 0 aliphatic heterocycles. The molecule has 0 aromatic carbocycles. The van der Waals surface area contributed by atoms with Crippen LogP contribution in [-0.4, -0.2) is 11.7 Å². The van der Waals surface area contributed by atoms with Crippen LogP contribution >= 0.6 is 0 Å². The normalized spacial score (nSPS) is 41.0. The number of aliphatic hydroxyl groups is 1. The van der Waals surface area contributed by atoms with Crippen molar-refractivity contribution >= 4 is 0 Å². The van der Waals surface area contributed by atoms with Crippen LogP contribution in [0.15, 0.2) is 0 Å². The smallest absolute Gasteiger partial charge is 0.0464 e. The monoisotopic (exact) mass is 150 g/mol. The van der Waals surface area contributed by atoms with Crippen molar-refractivity contribution in [2.24, 2.45) is 17.8 Å². The third kappa shape index (κ3) is 1.28. The van der Waals surface area contributed by atoms with Gasteiger partial charge >= 0.3 is 0 Å². The van der Waals surface area contributed by atoms with Crippen LogP contribution in [0.25, 0.3) is 0 Å². The maximum atomic E-state index is 8.98. The van der Waals surface area contributed by atoms with Crippen LogP contribution in [0.1, 0.15) is 25.7 Å². The lowest BCUT2D eigenvalue weighted by Gasteiger charge is -1.96. The quantitative estimate of drug-likeness (QED) is 0.560. The lowest BCUT2D eigenvalue weighted by Crippen LogP contribution is -1.88. The van der Waals surface area contributed by atoms with E-state index >= 15 is 0 Å². The second kappa shape index (κ2) is 2.87. The van der Waals surface area contributed by atoms with Gasteiger partial charge in [0.1, 0.15) is 0 Å². The molecule has 1 N–H and O–H groups in total. The average Bonchev–Trinajstić information content (AvgIpc) is 2.60. The molecule has 3 atom stereocenters. The highest BCUT2D eigenvalue weighted by Gasteiger charge is 2.47. The van der Waals surface area contributed by atoms with Crippen molar-refractivity contribution in [2.45, 2.75) is 25.7 Å². The third-order valence-electron chi connectivity index (χ3n) is 3.05. The molecule has 2 aliphatic rings. The van der Waals surface area contributed by atoms with E-state index in [2.05, 4.69) is 11.8 Å². The summed E-state index contributed by atoms with van der Waals surface area (Å²) in [6, 6.07) is 0. The third-order valence-corrected chi connectivity index (χ3v) is 3.05. The average molecular weight is 150 g/mol. The summed E-state index contributed by atoms with van der Waals surface area (Å²) in [5.74, 6) is 8.57. The summed E-state index contributed by atoms with van der Waals surface area (Å²) < 4.78 is 0. The molecule has 1 heteroatoms. The first-order valence-electron chi connectivity index (χ1n) is 4.50. The lowest BCUT2D eigenvalue weighted by molar-refractivity contribution is 0.262. The number of fused-ring (bicyclic) bond motifs is 1. The van der Waals surface area contributed by atoms with E-state index in [0.717, 1.165) is 24.7 Å². The van der Waals surface area contributed by atoms with Gasteiger partial charge in [-0.05, 0) is 30.6 Å². The lowest BCUT2D eigenvalue weighted by atomic mass is 10.1. The molecule has 1 fully saturated rings. The second-order valence-corrected chi connectivity index (χ2v) is 3.61. The molecule has 0 aromatic heterocycles. The molecule has 0 aromatic rings. The Hall–Kier alpha value is -0.480. The summed E-state index contributed by atoms with van der Waals surface area (Å²) in [5.41, 5.74) is 0. The summed E-state index contributed by atoms with van der Waals surface area (Å²) in [5, 5.41) is 8.98. The van der Waals surface area contributed by atoms with Gasteiger partial charge in [-0.15, -0.1) is 11.8 Å². The maximum Gasteiger partial charge on any atom is 0.0464 e. The first-order chi connectivity index (χ1) is 5.43. The van der Waals surface area contributed by atoms with E-state index in [9.17, 15) is 0 Å². The van der Waals surface area contributed by atoms with Crippen molar-refractivity contribution in [3.8, 4) is 11.8 Å². The molecule has 1 saturated carbocycles. The summed E-state index contributed by atoms with van der Waals surface area (Å²) in [6.45, 7) is 0.398. The minimum absolute atomic E-state index is 0.398. The Balaban J connectivity index is 1.93. The van der Waals surface area contributed by atoms with E-state index in [0.29, 0.717) is 12.5 Å². The van der Waals surface area contributed by atoms with Gasteiger partial charge in [-0.3, -0.25) is 0 Å². The zero-order valence-electron chi connectivity index (χ0n) is 6.71. The first kappa shape index (κ1) is 7.18. The van der Waals surface area contributed by atoms with Crippen LogP contribution in [0, 0.1) is 29.6 Å². The van der Waals surface area contributed by atoms with Gasteiger partial charge < -0.3 is 5.11 Å². The van der Waals surface area contributed by atoms with Gasteiger partial charge in [0.15, 0.2) is 0 Å². The highest BCUT2D eigenvalue weighted by atomic mass is 16.3. The zero-order valence-corrected chi connectivity index (χ0v) is 6.71. The van der Waals surface area contributed by atoms with Crippen molar-refractivity contribution in [2.75, 3.05) is 6.61 Å². The maximum absolute atomic E-state index is 8.98. The van der Waals surface area contributed by atoms with Gasteiger partial charge in [0, 0.05) is 19.4 Å². The predicted molar refractivity (Wildman–Crippen MR) is 43.8 cm³/mol. The van der Waals surface area contributed by atoms with E-state index < -0.39 is 0 Å². The van der Waals surface area contributed by atoms with Gasteiger partial charge in [-0.1, -0.05) is 0 Å². The van der Waals surface area contributed by atoms with E-state index in [1.54, 1.807) is 0 Å². The Labute approximate surface area is 67.8 Å². The molecule has 1 nitrogen and oxygen atoms in total. The number of hydrogen-bond donors (Lipinski definition) is 1. The highest BCUT2D eigenvalue weighted by Crippen LogP contribution is 2.51. The number of hydrogen-bond acceptors (Lipinski definition) is 1. The van der Waals surface area contributed by atoms with Crippen LogP contribution in [0.4, 0.5) is 0 Å². The molecule has 2 rings (SSSR count). The fraction of sp³-hybridized carbons (Fsp3) is 0.800. The molecule has 60 valence electrons. The van der Waals surface area contributed by atoms with E-state index in [1.165, 1.54) is 12.8 Å². The van der Waals surface area contributed by atoms with Gasteiger partial charge in [0.2, 0.25) is 0 Å². The highest BCUT2D eigenvalue weighted by molar-refractivity contribution is 5.07. The number of rotatable bonds is 1. The Morgan fingerprint density at radius 2 is 1.64 bits per heavy atom. The standard InChI is InChI=1S/C10H14O/c11-7-10-8-5-3-1-2-4-6-9(8)10/h8-11H,3-7H2/t8-,9+,10+. The van der Waals surface area contributed by atoms with Gasteiger partial charge in [0.05, 0.1) is 0 Å².